The fraction of sp³-hybridized carbons (Fsp3) is 0.143. The van der Waals surface area contributed by atoms with Crippen LogP contribution in [0.1, 0.15) is 11.4 Å². The second-order valence-corrected chi connectivity index (χ2v) is 8.62. The predicted molar refractivity (Wildman–Crippen MR) is 136 cm³/mol. The molecule has 0 radical (unpaired) electrons. The van der Waals surface area contributed by atoms with Gasteiger partial charge in [-0.25, -0.2) is 4.98 Å². The third kappa shape index (κ3) is 3.35. The number of anilines is 3. The van der Waals surface area contributed by atoms with E-state index in [0.29, 0.717) is 0 Å². The first kappa shape index (κ1) is 20.3. The molecule has 1 aliphatic rings. The van der Waals surface area contributed by atoms with Gasteiger partial charge >= 0.3 is 0 Å². The van der Waals surface area contributed by atoms with Crippen LogP contribution in [-0.4, -0.2) is 28.1 Å². The lowest BCUT2D eigenvalue weighted by molar-refractivity contribution is 0.482. The van der Waals surface area contributed by atoms with Crippen LogP contribution in [0.5, 0.6) is 11.5 Å². The molecule has 0 aliphatic carbocycles. The van der Waals surface area contributed by atoms with Crippen LogP contribution in [0.25, 0.3) is 17.0 Å². The van der Waals surface area contributed by atoms with Gasteiger partial charge in [-0.1, -0.05) is 24.3 Å². The molecule has 4 heterocycles. The largest absolute Gasteiger partial charge is 0.457 e. The maximum atomic E-state index is 6.39. The first-order chi connectivity index (χ1) is 16.6. The zero-order valence-electron chi connectivity index (χ0n) is 19.4. The van der Waals surface area contributed by atoms with E-state index in [2.05, 4.69) is 69.6 Å². The van der Waals surface area contributed by atoms with Gasteiger partial charge in [0.25, 0.3) is 0 Å². The van der Waals surface area contributed by atoms with Crippen LogP contribution in [0.15, 0.2) is 85.1 Å². The van der Waals surface area contributed by atoms with E-state index in [-0.39, 0.29) is 0 Å². The molecule has 0 amide bonds. The maximum Gasteiger partial charge on any atom is 0.141 e. The second kappa shape index (κ2) is 7.92. The lowest BCUT2D eigenvalue weighted by Crippen LogP contribution is -2.23. The lowest BCUT2D eigenvalue weighted by Gasteiger charge is -2.20. The normalized spacial score (nSPS) is 12.9. The monoisotopic (exact) mass is 447 g/mol. The van der Waals surface area contributed by atoms with Crippen LogP contribution >= 0.6 is 0 Å². The minimum absolute atomic E-state index is 0.731. The number of rotatable bonds is 4. The van der Waals surface area contributed by atoms with E-state index in [1.165, 1.54) is 11.4 Å². The quantitative estimate of drug-likeness (QED) is 0.321. The summed E-state index contributed by atoms with van der Waals surface area (Å²) in [6.45, 7) is 4.90. The maximum absolute atomic E-state index is 6.39. The molecule has 0 atom stereocenters. The Labute approximate surface area is 198 Å². The van der Waals surface area contributed by atoms with Crippen molar-refractivity contribution < 1.29 is 4.74 Å². The highest BCUT2D eigenvalue weighted by molar-refractivity contribution is 5.82. The zero-order valence-corrected chi connectivity index (χ0v) is 19.4. The smallest absolute Gasteiger partial charge is 0.141 e. The molecule has 6 rings (SSSR count). The number of aryl methyl sites for hydroxylation is 2. The summed E-state index contributed by atoms with van der Waals surface area (Å²) in [5, 5.41) is 0. The molecule has 168 valence electrons. The third-order valence-electron chi connectivity index (χ3n) is 6.39. The first-order valence-electron chi connectivity index (χ1n) is 11.4. The number of imidazole rings is 1. The summed E-state index contributed by atoms with van der Waals surface area (Å²) in [4.78, 5) is 13.9. The van der Waals surface area contributed by atoms with Crippen molar-refractivity contribution in [1.29, 1.82) is 0 Å². The lowest BCUT2D eigenvalue weighted by atomic mass is 10.2. The number of hydrogen-bond donors (Lipinski definition) is 0. The Morgan fingerprint density at radius 3 is 2.47 bits per heavy atom. The molecule has 6 nitrogen and oxygen atoms in total. The van der Waals surface area contributed by atoms with Crippen LogP contribution in [0, 0.1) is 13.8 Å². The van der Waals surface area contributed by atoms with Gasteiger partial charge in [0.1, 0.15) is 17.1 Å². The van der Waals surface area contributed by atoms with E-state index < -0.39 is 0 Å². The van der Waals surface area contributed by atoms with E-state index in [0.717, 1.165) is 52.3 Å². The first-order valence-corrected chi connectivity index (χ1v) is 11.4. The summed E-state index contributed by atoms with van der Waals surface area (Å²) in [7, 11) is 2.11. The van der Waals surface area contributed by atoms with Crippen molar-refractivity contribution in [3.63, 3.8) is 0 Å². The summed E-state index contributed by atoms with van der Waals surface area (Å²) in [5.41, 5.74) is 8.29. The van der Waals surface area contributed by atoms with Crippen molar-refractivity contribution >= 4 is 22.7 Å². The fourth-order valence-corrected chi connectivity index (χ4v) is 4.62. The van der Waals surface area contributed by atoms with Crippen molar-refractivity contribution in [2.24, 2.45) is 0 Å². The predicted octanol–water partition coefficient (Wildman–Crippen LogP) is 6.35. The van der Waals surface area contributed by atoms with Crippen molar-refractivity contribution in [2.45, 2.75) is 13.8 Å². The van der Waals surface area contributed by atoms with Crippen LogP contribution in [0.3, 0.4) is 0 Å². The van der Waals surface area contributed by atoms with Crippen LogP contribution in [-0.2, 0) is 0 Å². The van der Waals surface area contributed by atoms with Crippen LogP contribution in [0.4, 0.5) is 17.1 Å². The SMILES string of the molecule is Cc1nc2cc(Oc3cccc(N4CN(C)c5ccccc54)c3)cc(-c3ccccn3)n2c1C. The highest BCUT2D eigenvalue weighted by Gasteiger charge is 2.24. The highest BCUT2D eigenvalue weighted by atomic mass is 16.5. The van der Waals surface area contributed by atoms with Gasteiger partial charge < -0.3 is 14.5 Å². The number of benzene rings is 2. The zero-order chi connectivity index (χ0) is 23.2. The highest BCUT2D eigenvalue weighted by Crippen LogP contribution is 2.40. The number of nitrogens with zero attached hydrogens (tertiary/aromatic N) is 5. The molecule has 6 heteroatoms. The van der Waals surface area contributed by atoms with Gasteiger partial charge in [-0.2, -0.15) is 0 Å². The van der Waals surface area contributed by atoms with Crippen molar-refractivity contribution in [2.75, 3.05) is 23.5 Å². The van der Waals surface area contributed by atoms with Gasteiger partial charge in [0.15, 0.2) is 0 Å². The van der Waals surface area contributed by atoms with Crippen LogP contribution in [0.2, 0.25) is 0 Å². The third-order valence-corrected chi connectivity index (χ3v) is 6.39. The standard InChI is InChI=1S/C28H25N5O/c1-19-20(2)33-27(24-11-6-7-14-29-24)16-23(17-28(33)30-19)34-22-10-8-9-21(15-22)32-18-31(3)25-12-4-5-13-26(25)32/h4-17H,18H2,1-3H3. The summed E-state index contributed by atoms with van der Waals surface area (Å²) >= 11 is 0. The van der Waals surface area contributed by atoms with Crippen molar-refractivity contribution in [3.8, 4) is 22.9 Å². The Hall–Kier alpha value is -4.32. The summed E-state index contributed by atoms with van der Waals surface area (Å²) in [5.74, 6) is 1.51. The number of ether oxygens (including phenoxy) is 1. The molecule has 3 aromatic heterocycles. The molecular weight excluding hydrogens is 422 g/mol. The average molecular weight is 448 g/mol. The molecule has 5 aromatic rings. The fourth-order valence-electron chi connectivity index (χ4n) is 4.62. The van der Waals surface area contributed by atoms with E-state index in [1.807, 2.05) is 55.6 Å². The second-order valence-electron chi connectivity index (χ2n) is 8.62. The van der Waals surface area contributed by atoms with E-state index >= 15 is 0 Å². The Morgan fingerprint density at radius 2 is 1.65 bits per heavy atom. The molecule has 0 saturated heterocycles. The van der Waals surface area contributed by atoms with E-state index in [1.54, 1.807) is 0 Å². The van der Waals surface area contributed by atoms with Gasteiger partial charge in [-0.15, -0.1) is 0 Å². The number of hydrogen-bond acceptors (Lipinski definition) is 5. The molecule has 0 saturated carbocycles. The molecule has 0 spiro atoms. The molecule has 0 unspecified atom stereocenters. The van der Waals surface area contributed by atoms with Gasteiger partial charge in [-0.05, 0) is 50.2 Å². The van der Waals surface area contributed by atoms with Crippen molar-refractivity contribution in [1.82, 2.24) is 14.4 Å². The minimum atomic E-state index is 0.731. The summed E-state index contributed by atoms with van der Waals surface area (Å²) in [6.07, 6.45) is 1.81. The molecule has 1 aliphatic heterocycles. The topological polar surface area (TPSA) is 45.9 Å². The van der Waals surface area contributed by atoms with Gasteiger partial charge in [-0.3, -0.25) is 9.38 Å². The molecule has 0 fully saturated rings. The Balaban J connectivity index is 1.39. The van der Waals surface area contributed by atoms with E-state index in [9.17, 15) is 0 Å². The van der Waals surface area contributed by atoms with Gasteiger partial charge in [0.2, 0.25) is 0 Å². The van der Waals surface area contributed by atoms with Crippen LogP contribution < -0.4 is 14.5 Å². The molecule has 0 N–H and O–H groups in total. The Morgan fingerprint density at radius 1 is 0.824 bits per heavy atom. The average Bonchev–Trinajstić information content (AvgIpc) is 3.35. The molecular formula is C28H25N5O. The van der Waals surface area contributed by atoms with E-state index in [4.69, 9.17) is 9.72 Å². The van der Waals surface area contributed by atoms with Gasteiger partial charge in [0, 0.05) is 42.8 Å². The Kier molecular flexibility index (Phi) is 4.73. The number of fused-ring (bicyclic) bond motifs is 2. The Bertz CT molecular complexity index is 1510. The molecule has 0 bridgehead atoms. The number of aromatic nitrogens is 3. The summed E-state index contributed by atoms with van der Waals surface area (Å²) in [6, 6.07) is 26.6. The van der Waals surface area contributed by atoms with Crippen molar-refractivity contribution in [3.05, 3.63) is 96.4 Å². The number of para-hydroxylation sites is 2. The summed E-state index contributed by atoms with van der Waals surface area (Å²) < 4.78 is 8.53. The minimum Gasteiger partial charge on any atom is -0.457 e. The molecule has 2 aromatic carbocycles. The number of pyridine rings is 2. The van der Waals surface area contributed by atoms with Gasteiger partial charge in [0.05, 0.1) is 35.1 Å². The molecule has 34 heavy (non-hydrogen) atoms.